The summed E-state index contributed by atoms with van der Waals surface area (Å²) in [5.74, 6) is 0.907. The Morgan fingerprint density at radius 1 is 1.17 bits per heavy atom. The third-order valence-corrected chi connectivity index (χ3v) is 4.56. The molecule has 0 aromatic carbocycles. The lowest BCUT2D eigenvalue weighted by atomic mass is 10.4. The van der Waals surface area contributed by atoms with Gasteiger partial charge in [0.05, 0.1) is 13.4 Å². The number of pyridine rings is 1. The predicted octanol–water partition coefficient (Wildman–Crippen LogP) is 3.44. The smallest absolute Gasteiger partial charge is 0.143 e. The molecule has 0 spiro atoms. The first-order valence-electron chi connectivity index (χ1n) is 3.21. The summed E-state index contributed by atoms with van der Waals surface area (Å²) >= 11 is 10.3. The standard InChI is InChI=1S/C7H7Br3N2/c1-12(2)7-6(10)5(9)4(8)3-11-7/h3H,1-2H3. The van der Waals surface area contributed by atoms with Crippen molar-refractivity contribution < 1.29 is 0 Å². The maximum absolute atomic E-state index is 4.24. The van der Waals surface area contributed by atoms with E-state index in [4.69, 9.17) is 0 Å². The van der Waals surface area contributed by atoms with Crippen LogP contribution in [-0.2, 0) is 0 Å². The van der Waals surface area contributed by atoms with Gasteiger partial charge >= 0.3 is 0 Å². The number of aromatic nitrogens is 1. The molecule has 0 atom stereocenters. The second-order valence-electron chi connectivity index (χ2n) is 2.45. The Bertz CT molecular complexity index is 299. The van der Waals surface area contributed by atoms with E-state index >= 15 is 0 Å². The van der Waals surface area contributed by atoms with Crippen LogP contribution in [0.4, 0.5) is 5.82 Å². The van der Waals surface area contributed by atoms with Crippen molar-refractivity contribution >= 4 is 53.6 Å². The molecule has 1 aromatic heterocycles. The fourth-order valence-corrected chi connectivity index (χ4v) is 2.26. The largest absolute Gasteiger partial charge is 0.362 e. The van der Waals surface area contributed by atoms with Crippen molar-refractivity contribution in [1.82, 2.24) is 4.98 Å². The third-order valence-electron chi connectivity index (χ3n) is 1.32. The topological polar surface area (TPSA) is 16.1 Å². The maximum atomic E-state index is 4.24. The van der Waals surface area contributed by atoms with E-state index in [2.05, 4.69) is 52.8 Å². The lowest BCUT2D eigenvalue weighted by Crippen LogP contribution is -2.11. The van der Waals surface area contributed by atoms with Gasteiger partial charge in [-0.1, -0.05) is 0 Å². The first-order chi connectivity index (χ1) is 5.54. The van der Waals surface area contributed by atoms with E-state index in [-0.39, 0.29) is 0 Å². The molecule has 0 aliphatic heterocycles. The number of anilines is 1. The van der Waals surface area contributed by atoms with Gasteiger partial charge in [-0.2, -0.15) is 0 Å². The van der Waals surface area contributed by atoms with Crippen LogP contribution in [0.25, 0.3) is 0 Å². The molecule has 66 valence electrons. The molecule has 1 heterocycles. The lowest BCUT2D eigenvalue weighted by Gasteiger charge is -2.14. The van der Waals surface area contributed by atoms with Gasteiger partial charge in [-0.3, -0.25) is 0 Å². The van der Waals surface area contributed by atoms with Gasteiger partial charge in [-0.15, -0.1) is 0 Å². The van der Waals surface area contributed by atoms with E-state index in [9.17, 15) is 0 Å². The SMILES string of the molecule is CN(C)c1ncc(Br)c(Br)c1Br. The highest BCUT2D eigenvalue weighted by atomic mass is 79.9. The second-order valence-corrected chi connectivity index (χ2v) is 4.89. The molecule has 0 amide bonds. The van der Waals surface area contributed by atoms with Crippen LogP contribution in [-0.4, -0.2) is 19.1 Å². The van der Waals surface area contributed by atoms with Crippen LogP contribution in [0.1, 0.15) is 0 Å². The van der Waals surface area contributed by atoms with Gasteiger partial charge in [0, 0.05) is 20.3 Å². The minimum atomic E-state index is 0.907. The molecule has 0 bridgehead atoms. The molecule has 0 N–H and O–H groups in total. The van der Waals surface area contributed by atoms with Crippen LogP contribution in [0.5, 0.6) is 0 Å². The summed E-state index contributed by atoms with van der Waals surface area (Å²) in [7, 11) is 3.90. The van der Waals surface area contributed by atoms with E-state index in [1.807, 2.05) is 19.0 Å². The van der Waals surface area contributed by atoms with Crippen molar-refractivity contribution in [2.24, 2.45) is 0 Å². The van der Waals surface area contributed by atoms with Crippen LogP contribution < -0.4 is 4.90 Å². The lowest BCUT2D eigenvalue weighted by molar-refractivity contribution is 1.05. The third kappa shape index (κ3) is 2.00. The van der Waals surface area contributed by atoms with Gasteiger partial charge in [0.25, 0.3) is 0 Å². The molecule has 0 aliphatic carbocycles. The highest BCUT2D eigenvalue weighted by molar-refractivity contribution is 9.14. The summed E-state index contributed by atoms with van der Waals surface area (Å²) in [5, 5.41) is 0. The zero-order valence-electron chi connectivity index (χ0n) is 6.61. The first kappa shape index (κ1) is 10.5. The molecule has 5 heteroatoms. The fourth-order valence-electron chi connectivity index (χ4n) is 0.746. The van der Waals surface area contributed by atoms with Crippen LogP contribution in [0.2, 0.25) is 0 Å². The predicted molar refractivity (Wildman–Crippen MR) is 61.7 cm³/mol. The van der Waals surface area contributed by atoms with Crippen molar-refractivity contribution in [2.45, 2.75) is 0 Å². The van der Waals surface area contributed by atoms with Crippen LogP contribution in [0.3, 0.4) is 0 Å². The number of hydrogen-bond donors (Lipinski definition) is 0. The molecule has 0 saturated carbocycles. The van der Waals surface area contributed by atoms with E-state index < -0.39 is 0 Å². The van der Waals surface area contributed by atoms with E-state index in [0.717, 1.165) is 19.2 Å². The summed E-state index contributed by atoms with van der Waals surface area (Å²) in [6.07, 6.45) is 1.77. The fraction of sp³-hybridized carbons (Fsp3) is 0.286. The van der Waals surface area contributed by atoms with E-state index in [1.54, 1.807) is 6.20 Å². The van der Waals surface area contributed by atoms with Gasteiger partial charge in [0.2, 0.25) is 0 Å². The normalized spacial score (nSPS) is 10.1. The molecular weight excluding hydrogens is 352 g/mol. The molecular formula is C7H7Br3N2. The Balaban J connectivity index is 3.27. The van der Waals surface area contributed by atoms with Crippen molar-refractivity contribution in [3.8, 4) is 0 Å². The molecule has 0 aliphatic rings. The van der Waals surface area contributed by atoms with Gasteiger partial charge in [0.1, 0.15) is 5.82 Å². The Labute approximate surface area is 96.7 Å². The second kappa shape index (κ2) is 4.07. The van der Waals surface area contributed by atoms with Gasteiger partial charge in [-0.05, 0) is 47.8 Å². The number of hydrogen-bond acceptors (Lipinski definition) is 2. The molecule has 12 heavy (non-hydrogen) atoms. The molecule has 2 nitrogen and oxygen atoms in total. The Morgan fingerprint density at radius 3 is 2.25 bits per heavy atom. The molecule has 0 fully saturated rings. The summed E-state index contributed by atoms with van der Waals surface area (Å²) in [5.41, 5.74) is 0. The summed E-state index contributed by atoms with van der Waals surface area (Å²) in [6, 6.07) is 0. The Hall–Kier alpha value is 0.390. The molecule has 1 aromatic rings. The average molecular weight is 359 g/mol. The average Bonchev–Trinajstić information content (AvgIpc) is 2.00. The molecule has 1 rings (SSSR count). The van der Waals surface area contributed by atoms with Crippen molar-refractivity contribution in [2.75, 3.05) is 19.0 Å². The molecule has 0 unspecified atom stereocenters. The van der Waals surface area contributed by atoms with Crippen molar-refractivity contribution in [3.05, 3.63) is 19.6 Å². The van der Waals surface area contributed by atoms with Gasteiger partial charge in [0.15, 0.2) is 0 Å². The van der Waals surface area contributed by atoms with Gasteiger partial charge in [-0.25, -0.2) is 4.98 Å². The first-order valence-corrected chi connectivity index (χ1v) is 5.58. The quantitative estimate of drug-likeness (QED) is 0.764. The van der Waals surface area contributed by atoms with E-state index in [0.29, 0.717) is 0 Å². The highest BCUT2D eigenvalue weighted by Crippen LogP contribution is 2.35. The maximum Gasteiger partial charge on any atom is 0.143 e. The zero-order valence-corrected chi connectivity index (χ0v) is 11.4. The minimum Gasteiger partial charge on any atom is -0.362 e. The number of rotatable bonds is 1. The summed E-state index contributed by atoms with van der Waals surface area (Å²) < 4.78 is 2.89. The van der Waals surface area contributed by atoms with Crippen molar-refractivity contribution in [1.29, 1.82) is 0 Å². The minimum absolute atomic E-state index is 0.907. The summed E-state index contributed by atoms with van der Waals surface area (Å²) in [4.78, 5) is 6.19. The number of nitrogens with zero attached hydrogens (tertiary/aromatic N) is 2. The van der Waals surface area contributed by atoms with Crippen LogP contribution >= 0.6 is 47.8 Å². The molecule has 0 radical (unpaired) electrons. The highest BCUT2D eigenvalue weighted by Gasteiger charge is 2.09. The van der Waals surface area contributed by atoms with Crippen molar-refractivity contribution in [3.63, 3.8) is 0 Å². The Kier molecular flexibility index (Phi) is 3.55. The monoisotopic (exact) mass is 356 g/mol. The molecule has 0 saturated heterocycles. The Morgan fingerprint density at radius 2 is 1.75 bits per heavy atom. The van der Waals surface area contributed by atoms with E-state index in [1.165, 1.54) is 0 Å². The van der Waals surface area contributed by atoms with Crippen LogP contribution in [0, 0.1) is 0 Å². The number of halogens is 3. The van der Waals surface area contributed by atoms with Crippen LogP contribution in [0.15, 0.2) is 19.6 Å². The summed E-state index contributed by atoms with van der Waals surface area (Å²) in [6.45, 7) is 0. The zero-order chi connectivity index (χ0) is 9.30. The van der Waals surface area contributed by atoms with Gasteiger partial charge < -0.3 is 4.90 Å².